The van der Waals surface area contributed by atoms with Crippen molar-refractivity contribution in [2.45, 2.75) is 25.2 Å². The van der Waals surface area contributed by atoms with Crippen molar-refractivity contribution in [3.63, 3.8) is 0 Å². The van der Waals surface area contributed by atoms with Crippen LogP contribution in [0.5, 0.6) is 0 Å². The van der Waals surface area contributed by atoms with Crippen molar-refractivity contribution < 1.29 is 68.7 Å². The zero-order valence-corrected chi connectivity index (χ0v) is 12.4. The normalized spacial score (nSPS) is 17.8. The fourth-order valence-corrected chi connectivity index (χ4v) is 1.68. The van der Waals surface area contributed by atoms with E-state index in [0.29, 0.717) is 11.6 Å². The Morgan fingerprint density at radius 3 is 2.12 bits per heavy atom. The minimum atomic E-state index is -5.10. The van der Waals surface area contributed by atoms with Crippen LogP contribution in [0, 0.1) is 5.82 Å². The van der Waals surface area contributed by atoms with Gasteiger partial charge in [0.25, 0.3) is 0 Å². The molecule has 1 fully saturated rings. The average molecular weight is 256 g/mol. The Morgan fingerprint density at radius 1 is 1.19 bits per heavy atom. The van der Waals surface area contributed by atoms with E-state index in [1.54, 1.807) is 0 Å². The molecule has 1 aromatic rings. The quantitative estimate of drug-likeness (QED) is 0.513. The van der Waals surface area contributed by atoms with Gasteiger partial charge in [-0.1, -0.05) is 25.1 Å². The average Bonchev–Trinajstić information content (AvgIpc) is 2.82. The van der Waals surface area contributed by atoms with Crippen molar-refractivity contribution in [2.75, 3.05) is 0 Å². The molecule has 0 N–H and O–H groups in total. The van der Waals surface area contributed by atoms with E-state index in [0.717, 1.165) is 18.9 Å². The van der Waals surface area contributed by atoms with Crippen LogP contribution in [0.1, 0.15) is 25.3 Å². The first-order valence-corrected chi connectivity index (χ1v) is 4.83. The molecule has 16 heavy (non-hydrogen) atoms. The maximum absolute atomic E-state index is 13.4. The van der Waals surface area contributed by atoms with Crippen LogP contribution in [0.2, 0.25) is 0 Å². The Balaban J connectivity index is 0.00000128. The summed E-state index contributed by atoms with van der Waals surface area (Å²) in [5.41, 5.74) is -0.687. The predicted molar refractivity (Wildman–Crippen MR) is 51.7 cm³/mol. The largest absolute Gasteiger partial charge is 1.00 e. The Bertz CT molecular complexity index is 398. The van der Waals surface area contributed by atoms with E-state index in [4.69, 9.17) is 0 Å². The summed E-state index contributed by atoms with van der Waals surface area (Å²) in [5, 5.41) is 0. The fraction of sp³-hybridized carbons (Fsp3) is 0.400. The van der Waals surface area contributed by atoms with E-state index in [1.165, 1.54) is 6.07 Å². The Kier molecular flexibility index (Phi) is 4.34. The second-order valence-corrected chi connectivity index (χ2v) is 4.37. The van der Waals surface area contributed by atoms with Gasteiger partial charge in [-0.3, -0.25) is 0 Å². The summed E-state index contributed by atoms with van der Waals surface area (Å²) in [5.74, 6) is -0.730. The summed E-state index contributed by atoms with van der Waals surface area (Å²) in [7, 11) is 0. The molecular formula is C10H10BF4K. The van der Waals surface area contributed by atoms with E-state index in [-0.39, 0.29) is 56.8 Å². The van der Waals surface area contributed by atoms with Gasteiger partial charge < -0.3 is 12.9 Å². The van der Waals surface area contributed by atoms with Crippen molar-refractivity contribution in [1.29, 1.82) is 0 Å². The summed E-state index contributed by atoms with van der Waals surface area (Å²) in [6, 6.07) is 2.85. The third kappa shape index (κ3) is 2.90. The van der Waals surface area contributed by atoms with E-state index in [1.807, 2.05) is 6.92 Å². The van der Waals surface area contributed by atoms with Crippen LogP contribution in [0.3, 0.4) is 0 Å². The molecule has 0 spiro atoms. The zero-order chi connectivity index (χ0) is 11.3. The van der Waals surface area contributed by atoms with Gasteiger partial charge in [0.15, 0.2) is 0 Å². The number of hydrogen-bond acceptors (Lipinski definition) is 0. The van der Waals surface area contributed by atoms with Crippen molar-refractivity contribution >= 4 is 12.4 Å². The second kappa shape index (κ2) is 4.72. The first-order valence-electron chi connectivity index (χ1n) is 4.83. The molecule has 1 saturated carbocycles. The summed E-state index contributed by atoms with van der Waals surface area (Å²) in [4.78, 5) is 0. The predicted octanol–water partition coefficient (Wildman–Crippen LogP) is -0.0644. The molecule has 0 nitrogen and oxygen atoms in total. The maximum atomic E-state index is 13.4. The van der Waals surface area contributed by atoms with Crippen molar-refractivity contribution in [1.82, 2.24) is 0 Å². The van der Waals surface area contributed by atoms with Crippen molar-refractivity contribution in [3.05, 3.63) is 29.6 Å². The van der Waals surface area contributed by atoms with Gasteiger partial charge in [-0.25, -0.2) is 4.39 Å². The molecule has 0 unspecified atom stereocenters. The number of rotatable bonds is 2. The summed E-state index contributed by atoms with van der Waals surface area (Å²) >= 11 is 0. The third-order valence-electron chi connectivity index (χ3n) is 3.02. The van der Waals surface area contributed by atoms with Gasteiger partial charge in [-0.2, -0.15) is 0 Å². The van der Waals surface area contributed by atoms with E-state index >= 15 is 0 Å². The molecule has 2 rings (SSSR count). The Morgan fingerprint density at radius 2 is 1.75 bits per heavy atom. The molecule has 0 atom stereocenters. The first kappa shape index (κ1) is 14.7. The summed E-state index contributed by atoms with van der Waals surface area (Å²) in [6.45, 7) is -3.23. The molecule has 0 radical (unpaired) electrons. The molecule has 0 heterocycles. The van der Waals surface area contributed by atoms with Crippen LogP contribution in [0.25, 0.3) is 0 Å². The number of halogens is 4. The topological polar surface area (TPSA) is 0 Å². The van der Waals surface area contributed by atoms with Crippen LogP contribution >= 0.6 is 0 Å². The third-order valence-corrected chi connectivity index (χ3v) is 3.02. The number of hydrogen-bond donors (Lipinski definition) is 0. The molecule has 1 aliphatic rings. The molecule has 0 aromatic heterocycles. The fourth-order valence-electron chi connectivity index (χ4n) is 1.68. The standard InChI is InChI=1S/C10H10BF4.K/c1-10(4-5-10)8-3-2-7(6-9(8)12)11(13,14)15;/h2-3,6H,4-5H2,1H3;/q-1;+1. The number of benzene rings is 1. The molecule has 0 aliphatic heterocycles. The van der Waals surface area contributed by atoms with Crippen LogP contribution in [-0.4, -0.2) is 6.98 Å². The smallest absolute Gasteiger partial charge is 0.445 e. The van der Waals surface area contributed by atoms with Gasteiger partial charge in [0.2, 0.25) is 0 Å². The van der Waals surface area contributed by atoms with Crippen LogP contribution in [0.15, 0.2) is 18.2 Å². The van der Waals surface area contributed by atoms with E-state index in [2.05, 4.69) is 0 Å². The molecule has 1 aromatic carbocycles. The molecule has 82 valence electrons. The van der Waals surface area contributed by atoms with Crippen molar-refractivity contribution in [3.8, 4) is 0 Å². The molecule has 0 saturated heterocycles. The SMILES string of the molecule is CC1(c2ccc([B-](F)(F)F)cc2F)CC1.[K+]. The van der Waals surface area contributed by atoms with Gasteiger partial charge in [0.1, 0.15) is 5.82 Å². The van der Waals surface area contributed by atoms with Crippen LogP contribution < -0.4 is 56.8 Å². The molecule has 1 aliphatic carbocycles. The first-order chi connectivity index (χ1) is 6.83. The van der Waals surface area contributed by atoms with Gasteiger partial charge in [0, 0.05) is 0 Å². The molecular weight excluding hydrogens is 246 g/mol. The molecule has 6 heteroatoms. The monoisotopic (exact) mass is 256 g/mol. The van der Waals surface area contributed by atoms with Gasteiger partial charge >= 0.3 is 58.4 Å². The van der Waals surface area contributed by atoms with E-state index < -0.39 is 18.3 Å². The summed E-state index contributed by atoms with van der Waals surface area (Å²) in [6.07, 6.45) is 1.70. The maximum Gasteiger partial charge on any atom is 1.00 e. The Hall–Kier alpha value is 0.641. The minimum absolute atomic E-state index is 0. The Labute approximate surface area is 134 Å². The second-order valence-electron chi connectivity index (χ2n) is 4.37. The van der Waals surface area contributed by atoms with E-state index in [9.17, 15) is 17.3 Å². The van der Waals surface area contributed by atoms with Gasteiger partial charge in [-0.15, -0.1) is 5.46 Å². The van der Waals surface area contributed by atoms with Crippen LogP contribution in [0.4, 0.5) is 17.3 Å². The minimum Gasteiger partial charge on any atom is -0.445 e. The summed E-state index contributed by atoms with van der Waals surface area (Å²) < 4.78 is 50.3. The van der Waals surface area contributed by atoms with Crippen LogP contribution in [-0.2, 0) is 5.41 Å². The molecule has 0 amide bonds. The zero-order valence-electron chi connectivity index (χ0n) is 9.24. The molecule has 0 bridgehead atoms. The van der Waals surface area contributed by atoms with Crippen molar-refractivity contribution in [2.24, 2.45) is 0 Å². The van der Waals surface area contributed by atoms with Gasteiger partial charge in [0.05, 0.1) is 0 Å². The van der Waals surface area contributed by atoms with Gasteiger partial charge in [-0.05, 0) is 23.8 Å².